The number of nitrogens with one attached hydrogen (secondary N) is 1. The number of piperidine rings is 1. The van der Waals surface area contributed by atoms with Crippen LogP contribution in [0.25, 0.3) is 11.4 Å². The molecular weight excluding hydrogens is 246 g/mol. The summed E-state index contributed by atoms with van der Waals surface area (Å²) in [6.45, 7) is 2.17. The van der Waals surface area contributed by atoms with E-state index in [-0.39, 0.29) is 0 Å². The molecule has 0 amide bonds. The Labute approximate surface area is 112 Å². The number of hydrogen-bond donors (Lipinski definition) is 1. The van der Waals surface area contributed by atoms with Crippen LogP contribution in [-0.4, -0.2) is 22.6 Å². The highest BCUT2D eigenvalue weighted by Gasteiger charge is 2.18. The molecule has 18 heavy (non-hydrogen) atoms. The molecule has 1 aromatic heterocycles. The quantitative estimate of drug-likeness (QED) is 0.900. The second-order valence-electron chi connectivity index (χ2n) is 4.65. The van der Waals surface area contributed by atoms with Crippen molar-refractivity contribution in [3.63, 3.8) is 0 Å². The van der Waals surface area contributed by atoms with Crippen LogP contribution in [0.3, 0.4) is 0 Å². The zero-order chi connectivity index (χ0) is 12.4. The predicted octanol–water partition coefficient (Wildman–Crippen LogP) is 3.13. The Hall–Kier alpha value is -1.32. The molecule has 1 aliphatic heterocycles. The highest BCUT2D eigenvalue weighted by Crippen LogP contribution is 2.26. The van der Waals surface area contributed by atoms with Gasteiger partial charge in [0.1, 0.15) is 5.82 Å². The van der Waals surface area contributed by atoms with Crippen LogP contribution in [0.5, 0.6) is 0 Å². The van der Waals surface area contributed by atoms with Crippen molar-refractivity contribution in [2.24, 2.45) is 0 Å². The number of rotatable bonds is 2. The summed E-state index contributed by atoms with van der Waals surface area (Å²) in [5, 5.41) is 4.15. The molecule has 3 rings (SSSR count). The van der Waals surface area contributed by atoms with Crippen LogP contribution < -0.4 is 5.32 Å². The maximum atomic E-state index is 5.93. The molecule has 0 radical (unpaired) electrons. The third-order valence-corrected chi connectivity index (χ3v) is 3.73. The molecule has 2 heterocycles. The van der Waals surface area contributed by atoms with Gasteiger partial charge in [-0.15, -0.1) is 0 Å². The van der Waals surface area contributed by atoms with E-state index in [4.69, 9.17) is 11.6 Å². The van der Waals surface area contributed by atoms with E-state index >= 15 is 0 Å². The molecule has 1 N–H and O–H groups in total. The van der Waals surface area contributed by atoms with Crippen LogP contribution in [0.15, 0.2) is 36.7 Å². The third-order valence-electron chi connectivity index (χ3n) is 3.47. The minimum atomic E-state index is 0.555. The Morgan fingerprint density at radius 1 is 1.17 bits per heavy atom. The molecule has 94 valence electrons. The Morgan fingerprint density at radius 3 is 2.61 bits per heavy atom. The van der Waals surface area contributed by atoms with Crippen LogP contribution in [0.4, 0.5) is 0 Å². The second kappa shape index (κ2) is 5.12. The van der Waals surface area contributed by atoms with Gasteiger partial charge in [0.2, 0.25) is 0 Å². The van der Waals surface area contributed by atoms with Crippen LogP contribution in [-0.2, 0) is 0 Å². The average Bonchev–Trinajstić information content (AvgIpc) is 2.90. The van der Waals surface area contributed by atoms with Crippen LogP contribution >= 0.6 is 11.6 Å². The zero-order valence-corrected chi connectivity index (χ0v) is 10.9. The number of hydrogen-bond acceptors (Lipinski definition) is 2. The number of nitrogens with zero attached hydrogens (tertiary/aromatic N) is 2. The molecule has 3 nitrogen and oxygen atoms in total. The van der Waals surface area contributed by atoms with Crippen molar-refractivity contribution < 1.29 is 0 Å². The molecule has 4 heteroatoms. The van der Waals surface area contributed by atoms with Crippen LogP contribution in [0, 0.1) is 0 Å². The lowest BCUT2D eigenvalue weighted by atomic mass is 10.1. The lowest BCUT2D eigenvalue weighted by Gasteiger charge is -2.25. The van der Waals surface area contributed by atoms with E-state index in [9.17, 15) is 0 Å². The lowest BCUT2D eigenvalue weighted by molar-refractivity contribution is 0.370. The fourth-order valence-electron chi connectivity index (χ4n) is 2.52. The first kappa shape index (κ1) is 11.8. The van der Waals surface area contributed by atoms with Gasteiger partial charge in [0.25, 0.3) is 0 Å². The number of imidazole rings is 1. The summed E-state index contributed by atoms with van der Waals surface area (Å²) in [4.78, 5) is 4.49. The SMILES string of the molecule is Clc1ccc(-c2nccn2C2CCNCC2)cc1. The van der Waals surface area contributed by atoms with Gasteiger partial charge in [-0.05, 0) is 50.2 Å². The summed E-state index contributed by atoms with van der Waals surface area (Å²) >= 11 is 5.93. The van der Waals surface area contributed by atoms with Crippen molar-refractivity contribution in [3.8, 4) is 11.4 Å². The maximum Gasteiger partial charge on any atom is 0.140 e. The molecule has 0 atom stereocenters. The summed E-state index contributed by atoms with van der Waals surface area (Å²) in [5.41, 5.74) is 1.13. The molecule has 2 aromatic rings. The minimum Gasteiger partial charge on any atom is -0.328 e. The molecule has 0 spiro atoms. The molecule has 0 aliphatic carbocycles. The van der Waals surface area contributed by atoms with Crippen molar-refractivity contribution in [1.29, 1.82) is 0 Å². The van der Waals surface area contributed by atoms with Gasteiger partial charge in [-0.2, -0.15) is 0 Å². The van der Waals surface area contributed by atoms with E-state index < -0.39 is 0 Å². The maximum absolute atomic E-state index is 5.93. The van der Waals surface area contributed by atoms with Gasteiger partial charge in [-0.1, -0.05) is 11.6 Å². The highest BCUT2D eigenvalue weighted by atomic mass is 35.5. The number of aromatic nitrogens is 2. The summed E-state index contributed by atoms with van der Waals surface area (Å²) in [6.07, 6.45) is 6.29. The summed E-state index contributed by atoms with van der Waals surface area (Å²) in [5.74, 6) is 1.04. The Morgan fingerprint density at radius 2 is 1.89 bits per heavy atom. The molecule has 1 aliphatic rings. The number of halogens is 1. The van der Waals surface area contributed by atoms with Gasteiger partial charge >= 0.3 is 0 Å². The first-order valence-corrected chi connectivity index (χ1v) is 6.72. The largest absolute Gasteiger partial charge is 0.328 e. The van der Waals surface area contributed by atoms with Crippen LogP contribution in [0.2, 0.25) is 5.02 Å². The fraction of sp³-hybridized carbons (Fsp3) is 0.357. The molecule has 0 saturated carbocycles. The summed E-state index contributed by atoms with van der Waals surface area (Å²) < 4.78 is 2.30. The fourth-order valence-corrected chi connectivity index (χ4v) is 2.64. The number of benzene rings is 1. The third kappa shape index (κ3) is 2.28. The van der Waals surface area contributed by atoms with Gasteiger partial charge in [-0.25, -0.2) is 4.98 Å². The van der Waals surface area contributed by atoms with Crippen molar-refractivity contribution in [3.05, 3.63) is 41.7 Å². The lowest BCUT2D eigenvalue weighted by Crippen LogP contribution is -2.29. The van der Waals surface area contributed by atoms with Gasteiger partial charge in [0.15, 0.2) is 0 Å². The smallest absolute Gasteiger partial charge is 0.140 e. The van der Waals surface area contributed by atoms with Crippen molar-refractivity contribution >= 4 is 11.6 Å². The van der Waals surface area contributed by atoms with Crippen molar-refractivity contribution in [2.45, 2.75) is 18.9 Å². The van der Waals surface area contributed by atoms with E-state index in [1.807, 2.05) is 30.5 Å². The van der Waals surface area contributed by atoms with E-state index in [2.05, 4.69) is 21.1 Å². The molecule has 1 fully saturated rings. The minimum absolute atomic E-state index is 0.555. The van der Waals surface area contributed by atoms with Gasteiger partial charge in [0.05, 0.1) is 0 Å². The second-order valence-corrected chi connectivity index (χ2v) is 5.08. The van der Waals surface area contributed by atoms with E-state index in [0.29, 0.717) is 6.04 Å². The van der Waals surface area contributed by atoms with Gasteiger partial charge < -0.3 is 9.88 Å². The Balaban J connectivity index is 1.93. The standard InChI is InChI=1S/C14H16ClN3/c15-12-3-1-11(2-4-12)14-17-9-10-18(14)13-5-7-16-8-6-13/h1-4,9-10,13,16H,5-8H2. The van der Waals surface area contributed by atoms with E-state index in [1.54, 1.807) is 0 Å². The average molecular weight is 262 g/mol. The molecular formula is C14H16ClN3. The summed E-state index contributed by atoms with van der Waals surface area (Å²) in [7, 11) is 0. The Kier molecular flexibility index (Phi) is 3.35. The van der Waals surface area contributed by atoms with Crippen LogP contribution in [0.1, 0.15) is 18.9 Å². The highest BCUT2D eigenvalue weighted by molar-refractivity contribution is 6.30. The first-order valence-electron chi connectivity index (χ1n) is 6.34. The summed E-state index contributed by atoms with van der Waals surface area (Å²) in [6, 6.07) is 8.45. The molecule has 0 bridgehead atoms. The van der Waals surface area contributed by atoms with Crippen molar-refractivity contribution in [2.75, 3.05) is 13.1 Å². The molecule has 1 aromatic carbocycles. The van der Waals surface area contributed by atoms with Gasteiger partial charge in [-0.3, -0.25) is 0 Å². The Bertz CT molecular complexity index is 512. The molecule has 0 unspecified atom stereocenters. The molecule has 1 saturated heterocycles. The van der Waals surface area contributed by atoms with Gasteiger partial charge in [0, 0.05) is 29.0 Å². The van der Waals surface area contributed by atoms with E-state index in [0.717, 1.165) is 42.3 Å². The topological polar surface area (TPSA) is 29.9 Å². The van der Waals surface area contributed by atoms with E-state index in [1.165, 1.54) is 0 Å². The zero-order valence-electron chi connectivity index (χ0n) is 10.1. The van der Waals surface area contributed by atoms with Crippen molar-refractivity contribution in [1.82, 2.24) is 14.9 Å². The first-order chi connectivity index (χ1) is 8.84. The monoisotopic (exact) mass is 261 g/mol. The normalized spacial score (nSPS) is 16.9. The predicted molar refractivity (Wildman–Crippen MR) is 73.8 cm³/mol.